The zero-order chi connectivity index (χ0) is 18.7. The number of nitro groups is 1. The zero-order valence-electron chi connectivity index (χ0n) is 14.6. The predicted molar refractivity (Wildman–Crippen MR) is 98.6 cm³/mol. The topological polar surface area (TPSA) is 88.5 Å². The summed E-state index contributed by atoms with van der Waals surface area (Å²) >= 11 is 0. The third-order valence-corrected chi connectivity index (χ3v) is 4.17. The fourth-order valence-corrected chi connectivity index (χ4v) is 2.64. The normalized spacial score (nSPS) is 10.7. The predicted octanol–water partition coefficient (Wildman–Crippen LogP) is 3.54. The van der Waals surface area contributed by atoms with Crippen molar-refractivity contribution in [2.24, 2.45) is 0 Å². The molecule has 0 radical (unpaired) electrons. The Labute approximate surface area is 150 Å². The number of aryl methyl sites for hydroxylation is 1. The number of hydrogen-bond acceptors (Lipinski definition) is 4. The highest BCUT2D eigenvalue weighted by Crippen LogP contribution is 2.24. The van der Waals surface area contributed by atoms with E-state index in [0.717, 1.165) is 11.3 Å². The maximum absolute atomic E-state index is 12.7. The first kappa shape index (κ1) is 17.5. The number of nitrogens with one attached hydrogen (secondary N) is 1. The number of likely N-dealkylation sites (N-methyl/N-ethyl adjacent to an activating group) is 1. The van der Waals surface area contributed by atoms with Crippen molar-refractivity contribution in [2.45, 2.75) is 6.92 Å². The first-order valence-corrected chi connectivity index (χ1v) is 8.16. The van der Waals surface area contributed by atoms with Crippen LogP contribution < -0.4 is 4.74 Å². The summed E-state index contributed by atoms with van der Waals surface area (Å²) in [6, 6.07) is 12.1. The van der Waals surface area contributed by atoms with Gasteiger partial charge in [-0.25, -0.2) is 0 Å². The van der Waals surface area contributed by atoms with Crippen molar-refractivity contribution >= 4 is 22.5 Å². The molecule has 0 atom stereocenters. The Morgan fingerprint density at radius 2 is 1.96 bits per heavy atom. The van der Waals surface area contributed by atoms with Gasteiger partial charge in [0.05, 0.1) is 17.0 Å². The third-order valence-electron chi connectivity index (χ3n) is 4.17. The van der Waals surface area contributed by atoms with Crippen molar-refractivity contribution in [1.29, 1.82) is 0 Å². The van der Waals surface area contributed by atoms with Gasteiger partial charge in [0, 0.05) is 36.3 Å². The summed E-state index contributed by atoms with van der Waals surface area (Å²) in [6.07, 6.45) is 1.58. The molecule has 3 rings (SSSR count). The smallest absolute Gasteiger partial charge is 0.270 e. The van der Waals surface area contributed by atoms with Crippen molar-refractivity contribution in [3.05, 3.63) is 69.9 Å². The van der Waals surface area contributed by atoms with E-state index in [4.69, 9.17) is 4.74 Å². The highest BCUT2D eigenvalue weighted by molar-refractivity contribution is 6.07. The minimum Gasteiger partial charge on any atom is -0.492 e. The molecule has 3 aromatic rings. The number of aromatic amines is 1. The number of rotatable bonds is 6. The van der Waals surface area contributed by atoms with Crippen LogP contribution in [0.1, 0.15) is 15.9 Å². The molecule has 0 saturated heterocycles. The molecule has 134 valence electrons. The lowest BCUT2D eigenvalue weighted by atomic mass is 10.1. The Balaban J connectivity index is 1.68. The highest BCUT2D eigenvalue weighted by atomic mass is 16.6. The lowest BCUT2D eigenvalue weighted by Crippen LogP contribution is -2.30. The van der Waals surface area contributed by atoms with Gasteiger partial charge in [0.1, 0.15) is 12.4 Å². The molecule has 0 bridgehead atoms. The second-order valence-corrected chi connectivity index (χ2v) is 6.08. The Morgan fingerprint density at radius 3 is 2.65 bits per heavy atom. The number of benzene rings is 2. The molecular weight excluding hydrogens is 334 g/mol. The van der Waals surface area contributed by atoms with Crippen LogP contribution in [0.3, 0.4) is 0 Å². The molecule has 0 unspecified atom stereocenters. The van der Waals surface area contributed by atoms with Crippen LogP contribution in [0, 0.1) is 17.0 Å². The summed E-state index contributed by atoms with van der Waals surface area (Å²) in [5, 5.41) is 11.5. The Hall–Kier alpha value is -3.35. The molecule has 0 saturated carbocycles. The van der Waals surface area contributed by atoms with E-state index in [1.165, 1.54) is 17.0 Å². The molecule has 0 fully saturated rings. The first-order chi connectivity index (χ1) is 12.5. The summed E-state index contributed by atoms with van der Waals surface area (Å²) in [4.78, 5) is 27.7. The molecule has 0 aliphatic heterocycles. The molecule has 0 spiro atoms. The van der Waals surface area contributed by atoms with Crippen molar-refractivity contribution in [1.82, 2.24) is 9.88 Å². The maximum atomic E-state index is 12.7. The monoisotopic (exact) mass is 353 g/mol. The Bertz CT molecular complexity index is 947. The van der Waals surface area contributed by atoms with E-state index in [1.54, 1.807) is 19.3 Å². The van der Waals surface area contributed by atoms with Crippen LogP contribution in [-0.4, -0.2) is 40.9 Å². The highest BCUT2D eigenvalue weighted by Gasteiger charge is 2.18. The second kappa shape index (κ2) is 7.26. The van der Waals surface area contributed by atoms with E-state index in [-0.39, 0.29) is 11.6 Å². The van der Waals surface area contributed by atoms with Crippen LogP contribution in [0.25, 0.3) is 10.9 Å². The molecule has 7 heteroatoms. The van der Waals surface area contributed by atoms with Gasteiger partial charge in [-0.1, -0.05) is 17.7 Å². The minimum atomic E-state index is -0.472. The molecule has 7 nitrogen and oxygen atoms in total. The van der Waals surface area contributed by atoms with Gasteiger partial charge in [-0.15, -0.1) is 0 Å². The van der Waals surface area contributed by atoms with Gasteiger partial charge in [-0.2, -0.15) is 0 Å². The van der Waals surface area contributed by atoms with Gasteiger partial charge in [-0.3, -0.25) is 14.9 Å². The fraction of sp³-hybridized carbons (Fsp3) is 0.211. The van der Waals surface area contributed by atoms with Crippen LogP contribution in [0.4, 0.5) is 5.69 Å². The van der Waals surface area contributed by atoms with Crippen LogP contribution in [0.5, 0.6) is 5.75 Å². The molecule has 0 aliphatic carbocycles. The lowest BCUT2D eigenvalue weighted by molar-refractivity contribution is -0.384. The van der Waals surface area contributed by atoms with Crippen molar-refractivity contribution in [3.63, 3.8) is 0 Å². The number of carbonyl (C=O) groups excluding carboxylic acids is 1. The summed E-state index contributed by atoms with van der Waals surface area (Å²) in [5.41, 5.74) is 2.19. The fourth-order valence-electron chi connectivity index (χ4n) is 2.64. The molecule has 2 aromatic carbocycles. The van der Waals surface area contributed by atoms with Crippen molar-refractivity contribution in [3.8, 4) is 5.75 Å². The van der Waals surface area contributed by atoms with Gasteiger partial charge in [0.15, 0.2) is 0 Å². The van der Waals surface area contributed by atoms with E-state index in [0.29, 0.717) is 29.6 Å². The molecule has 1 heterocycles. The summed E-state index contributed by atoms with van der Waals surface area (Å²) in [7, 11) is 1.68. The third kappa shape index (κ3) is 3.66. The number of nitro benzene ring substituents is 1. The van der Waals surface area contributed by atoms with Gasteiger partial charge >= 0.3 is 0 Å². The van der Waals surface area contributed by atoms with Gasteiger partial charge in [-0.05, 0) is 25.1 Å². The SMILES string of the molecule is Cc1ccc(OCCN(C)C(=O)c2c[nH]c3ccc([N+](=O)[O-])cc23)cc1. The lowest BCUT2D eigenvalue weighted by Gasteiger charge is -2.17. The second-order valence-electron chi connectivity index (χ2n) is 6.08. The quantitative estimate of drug-likeness (QED) is 0.542. The number of fused-ring (bicyclic) bond motifs is 1. The van der Waals surface area contributed by atoms with E-state index in [9.17, 15) is 14.9 Å². The summed E-state index contributed by atoms with van der Waals surface area (Å²) in [6.45, 7) is 2.75. The van der Waals surface area contributed by atoms with Gasteiger partial charge in [0.25, 0.3) is 11.6 Å². The Morgan fingerprint density at radius 1 is 1.23 bits per heavy atom. The number of carbonyl (C=O) groups is 1. The minimum absolute atomic E-state index is 0.0449. The summed E-state index contributed by atoms with van der Waals surface area (Å²) < 4.78 is 5.65. The number of H-pyrrole nitrogens is 1. The van der Waals surface area contributed by atoms with E-state index < -0.39 is 4.92 Å². The van der Waals surface area contributed by atoms with Crippen LogP contribution in [-0.2, 0) is 0 Å². The number of amides is 1. The molecule has 1 N–H and O–H groups in total. The zero-order valence-corrected chi connectivity index (χ0v) is 14.6. The van der Waals surface area contributed by atoms with E-state index in [1.807, 2.05) is 31.2 Å². The molecule has 1 aromatic heterocycles. The molecular formula is C19H19N3O4. The van der Waals surface area contributed by atoms with Crippen LogP contribution in [0.2, 0.25) is 0 Å². The number of ether oxygens (including phenoxy) is 1. The maximum Gasteiger partial charge on any atom is 0.270 e. The van der Waals surface area contributed by atoms with Crippen molar-refractivity contribution in [2.75, 3.05) is 20.2 Å². The van der Waals surface area contributed by atoms with E-state index in [2.05, 4.69) is 4.98 Å². The summed E-state index contributed by atoms with van der Waals surface area (Å²) in [5.74, 6) is 0.531. The number of hydrogen-bond donors (Lipinski definition) is 1. The standard InChI is InChI=1S/C19H19N3O4/c1-13-3-6-15(7-4-13)26-10-9-21(2)19(23)17-12-20-18-8-5-14(22(24)25)11-16(17)18/h3-8,11-12,20H,9-10H2,1-2H3. The number of aromatic nitrogens is 1. The molecule has 1 amide bonds. The van der Waals surface area contributed by atoms with Crippen LogP contribution in [0.15, 0.2) is 48.7 Å². The van der Waals surface area contributed by atoms with E-state index >= 15 is 0 Å². The molecule has 0 aliphatic rings. The van der Waals surface area contributed by atoms with Crippen molar-refractivity contribution < 1.29 is 14.5 Å². The first-order valence-electron chi connectivity index (χ1n) is 8.16. The largest absolute Gasteiger partial charge is 0.492 e. The molecule has 26 heavy (non-hydrogen) atoms. The average molecular weight is 353 g/mol. The van der Waals surface area contributed by atoms with Gasteiger partial charge < -0.3 is 14.6 Å². The number of nitrogens with zero attached hydrogens (tertiary/aromatic N) is 2. The van der Waals surface area contributed by atoms with Crippen LogP contribution >= 0.6 is 0 Å². The average Bonchev–Trinajstić information content (AvgIpc) is 3.05. The number of non-ortho nitro benzene ring substituents is 1. The van der Waals surface area contributed by atoms with Gasteiger partial charge in [0.2, 0.25) is 0 Å². The Kier molecular flexibility index (Phi) is 4.88.